The molecule has 0 aromatic carbocycles. The molecule has 2 aliphatic heterocycles. The second kappa shape index (κ2) is 4.49. The van der Waals surface area contributed by atoms with Crippen LogP contribution < -0.4 is 0 Å². The number of carboxylic acids is 1. The zero-order valence-electron chi connectivity index (χ0n) is 8.91. The average molecular weight is 214 g/mol. The molecule has 0 spiro atoms. The Kier molecular flexibility index (Phi) is 3.26. The molecule has 1 atom stereocenters. The molecule has 1 N–H and O–H groups in total. The van der Waals surface area contributed by atoms with Crippen LogP contribution in [0.25, 0.3) is 0 Å². The van der Waals surface area contributed by atoms with Crippen molar-refractivity contribution in [3.8, 4) is 0 Å². The summed E-state index contributed by atoms with van der Waals surface area (Å²) in [6, 6.07) is 0. The van der Waals surface area contributed by atoms with E-state index in [1.54, 1.807) is 0 Å². The molecular formula is C11H18O4. The Balaban J connectivity index is 1.96. The molecule has 0 aromatic heterocycles. The van der Waals surface area contributed by atoms with Crippen LogP contribution in [0, 0.1) is 5.92 Å². The Morgan fingerprint density at radius 1 is 1.33 bits per heavy atom. The predicted octanol–water partition coefficient (Wildman–Crippen LogP) is 1.44. The first-order valence-corrected chi connectivity index (χ1v) is 5.68. The van der Waals surface area contributed by atoms with Crippen LogP contribution in [0.1, 0.15) is 32.1 Å². The van der Waals surface area contributed by atoms with Crippen molar-refractivity contribution in [2.24, 2.45) is 5.92 Å². The first-order chi connectivity index (χ1) is 7.23. The van der Waals surface area contributed by atoms with Crippen molar-refractivity contribution in [3.63, 3.8) is 0 Å². The summed E-state index contributed by atoms with van der Waals surface area (Å²) < 4.78 is 10.7. The largest absolute Gasteiger partial charge is 0.479 e. The van der Waals surface area contributed by atoms with E-state index in [0.717, 1.165) is 32.5 Å². The molecule has 0 aliphatic carbocycles. The number of ether oxygens (including phenoxy) is 2. The summed E-state index contributed by atoms with van der Waals surface area (Å²) in [4.78, 5) is 11.2. The van der Waals surface area contributed by atoms with Gasteiger partial charge in [-0.25, -0.2) is 4.79 Å². The molecule has 0 amide bonds. The lowest BCUT2D eigenvalue weighted by Gasteiger charge is -2.30. The van der Waals surface area contributed by atoms with Gasteiger partial charge in [0.1, 0.15) is 0 Å². The van der Waals surface area contributed by atoms with Gasteiger partial charge in [0.2, 0.25) is 0 Å². The lowest BCUT2D eigenvalue weighted by atomic mass is 9.84. The van der Waals surface area contributed by atoms with E-state index in [1.807, 2.05) is 0 Å². The van der Waals surface area contributed by atoms with E-state index >= 15 is 0 Å². The fraction of sp³-hybridized carbons (Fsp3) is 0.909. The van der Waals surface area contributed by atoms with Gasteiger partial charge >= 0.3 is 5.97 Å². The predicted molar refractivity (Wildman–Crippen MR) is 53.7 cm³/mol. The third-order valence-electron chi connectivity index (χ3n) is 3.45. The maximum absolute atomic E-state index is 11.2. The molecule has 1 unspecified atom stereocenters. The molecule has 0 bridgehead atoms. The zero-order chi connectivity index (χ0) is 10.7. The summed E-state index contributed by atoms with van der Waals surface area (Å²) in [5.74, 6) is -0.334. The Morgan fingerprint density at radius 3 is 2.60 bits per heavy atom. The topological polar surface area (TPSA) is 55.8 Å². The fourth-order valence-electron chi connectivity index (χ4n) is 2.53. The van der Waals surface area contributed by atoms with Gasteiger partial charge in [0.25, 0.3) is 0 Å². The number of hydrogen-bond donors (Lipinski definition) is 1. The minimum Gasteiger partial charge on any atom is -0.479 e. The van der Waals surface area contributed by atoms with Crippen LogP contribution in [0.4, 0.5) is 0 Å². The molecule has 0 aromatic rings. The molecule has 2 aliphatic rings. The van der Waals surface area contributed by atoms with Crippen molar-refractivity contribution in [3.05, 3.63) is 0 Å². The standard InChI is InChI=1S/C11H18O4/c12-10(13)11(4-1-5-15-11)8-9-2-6-14-7-3-9/h9H,1-8H2,(H,12,13). The Morgan fingerprint density at radius 2 is 2.07 bits per heavy atom. The minimum atomic E-state index is -0.887. The van der Waals surface area contributed by atoms with Gasteiger partial charge in [-0.2, -0.15) is 0 Å². The average Bonchev–Trinajstić information content (AvgIpc) is 2.69. The molecule has 86 valence electrons. The summed E-state index contributed by atoms with van der Waals surface area (Å²) in [6.45, 7) is 2.12. The number of rotatable bonds is 3. The van der Waals surface area contributed by atoms with E-state index < -0.39 is 11.6 Å². The van der Waals surface area contributed by atoms with E-state index in [0.29, 0.717) is 25.4 Å². The Hall–Kier alpha value is -0.610. The zero-order valence-corrected chi connectivity index (χ0v) is 8.91. The van der Waals surface area contributed by atoms with Gasteiger partial charge in [0.05, 0.1) is 0 Å². The van der Waals surface area contributed by atoms with E-state index in [-0.39, 0.29) is 0 Å². The minimum absolute atomic E-state index is 0.452. The van der Waals surface area contributed by atoms with Gasteiger partial charge in [0.15, 0.2) is 5.60 Å². The summed E-state index contributed by atoms with van der Waals surface area (Å²) in [5.41, 5.74) is -0.887. The van der Waals surface area contributed by atoms with Gasteiger partial charge in [-0.3, -0.25) is 0 Å². The molecule has 0 radical (unpaired) electrons. The molecule has 2 saturated heterocycles. The first-order valence-electron chi connectivity index (χ1n) is 5.68. The highest BCUT2D eigenvalue weighted by Gasteiger charge is 2.44. The van der Waals surface area contributed by atoms with Gasteiger partial charge in [-0.15, -0.1) is 0 Å². The van der Waals surface area contributed by atoms with Crippen LogP contribution >= 0.6 is 0 Å². The van der Waals surface area contributed by atoms with Crippen LogP contribution in [0.2, 0.25) is 0 Å². The van der Waals surface area contributed by atoms with E-state index in [9.17, 15) is 9.90 Å². The van der Waals surface area contributed by atoms with Crippen molar-refractivity contribution < 1.29 is 19.4 Å². The number of carboxylic acid groups (broad SMARTS) is 1. The van der Waals surface area contributed by atoms with Crippen LogP contribution in [0.3, 0.4) is 0 Å². The van der Waals surface area contributed by atoms with Gasteiger partial charge < -0.3 is 14.6 Å². The number of hydrogen-bond acceptors (Lipinski definition) is 3. The second-order valence-electron chi connectivity index (χ2n) is 4.51. The molecule has 2 fully saturated rings. The highest BCUT2D eigenvalue weighted by molar-refractivity contribution is 5.77. The number of carbonyl (C=O) groups is 1. The molecule has 2 rings (SSSR count). The first kappa shape index (κ1) is 10.9. The van der Waals surface area contributed by atoms with Crippen LogP contribution in [-0.4, -0.2) is 36.5 Å². The fourth-order valence-corrected chi connectivity index (χ4v) is 2.53. The quantitative estimate of drug-likeness (QED) is 0.772. The maximum Gasteiger partial charge on any atom is 0.335 e. The summed E-state index contributed by atoms with van der Waals surface area (Å²) in [7, 11) is 0. The summed E-state index contributed by atoms with van der Waals surface area (Å²) in [5, 5.41) is 9.24. The smallest absolute Gasteiger partial charge is 0.335 e. The van der Waals surface area contributed by atoms with E-state index in [4.69, 9.17) is 9.47 Å². The van der Waals surface area contributed by atoms with Crippen molar-refractivity contribution in [1.82, 2.24) is 0 Å². The highest BCUT2D eigenvalue weighted by Crippen LogP contribution is 2.35. The monoisotopic (exact) mass is 214 g/mol. The lowest BCUT2D eigenvalue weighted by Crippen LogP contribution is -2.40. The Bertz CT molecular complexity index is 227. The number of aliphatic carboxylic acids is 1. The third-order valence-corrected chi connectivity index (χ3v) is 3.45. The molecule has 0 saturated carbocycles. The normalized spacial score (nSPS) is 33.1. The van der Waals surface area contributed by atoms with Gasteiger partial charge in [-0.1, -0.05) is 0 Å². The summed E-state index contributed by atoms with van der Waals surface area (Å²) >= 11 is 0. The molecule has 15 heavy (non-hydrogen) atoms. The van der Waals surface area contributed by atoms with Crippen LogP contribution in [0.15, 0.2) is 0 Å². The van der Waals surface area contributed by atoms with Crippen molar-refractivity contribution >= 4 is 5.97 Å². The maximum atomic E-state index is 11.2. The van der Waals surface area contributed by atoms with Crippen LogP contribution in [0.5, 0.6) is 0 Å². The Labute approximate surface area is 89.6 Å². The molecule has 2 heterocycles. The molecular weight excluding hydrogens is 196 g/mol. The van der Waals surface area contributed by atoms with E-state index in [2.05, 4.69) is 0 Å². The second-order valence-corrected chi connectivity index (χ2v) is 4.51. The SMILES string of the molecule is O=C(O)C1(CC2CCOCC2)CCCO1. The van der Waals surface area contributed by atoms with Crippen molar-refractivity contribution in [2.75, 3.05) is 19.8 Å². The van der Waals surface area contributed by atoms with E-state index in [1.165, 1.54) is 0 Å². The van der Waals surface area contributed by atoms with Crippen molar-refractivity contribution in [1.29, 1.82) is 0 Å². The summed E-state index contributed by atoms with van der Waals surface area (Å²) in [6.07, 6.45) is 4.14. The lowest BCUT2D eigenvalue weighted by molar-refractivity contribution is -0.163. The molecule has 4 heteroatoms. The van der Waals surface area contributed by atoms with Gasteiger partial charge in [-0.05, 0) is 38.0 Å². The van der Waals surface area contributed by atoms with Crippen LogP contribution in [-0.2, 0) is 14.3 Å². The van der Waals surface area contributed by atoms with Crippen molar-refractivity contribution in [2.45, 2.75) is 37.7 Å². The van der Waals surface area contributed by atoms with Gasteiger partial charge in [0, 0.05) is 19.8 Å². The third kappa shape index (κ3) is 2.32. The highest BCUT2D eigenvalue weighted by atomic mass is 16.5. The molecule has 4 nitrogen and oxygen atoms in total.